The number of azo groups is 1. The molecule has 24 heavy (non-hydrogen) atoms. The Kier molecular flexibility index (Phi) is 5.64. The van der Waals surface area contributed by atoms with Crippen LogP contribution in [0.5, 0.6) is 5.75 Å². The lowest BCUT2D eigenvalue weighted by Crippen LogP contribution is -2.06. The summed E-state index contributed by atoms with van der Waals surface area (Å²) in [6.07, 6.45) is 0. The fraction of sp³-hybridized carbons (Fsp3) is 0.188. The summed E-state index contributed by atoms with van der Waals surface area (Å²) < 4.78 is 5.25. The molecule has 2 aromatic carbocycles. The number of amides is 1. The highest BCUT2D eigenvalue weighted by Gasteiger charge is 2.10. The summed E-state index contributed by atoms with van der Waals surface area (Å²) in [6.45, 7) is 3.24. The van der Waals surface area contributed by atoms with E-state index in [0.717, 1.165) is 5.56 Å². The molecule has 126 valence electrons. The zero-order valence-corrected chi connectivity index (χ0v) is 14.9. The van der Waals surface area contributed by atoms with E-state index in [1.807, 2.05) is 6.92 Å². The van der Waals surface area contributed by atoms with Gasteiger partial charge in [-0.1, -0.05) is 23.2 Å². The number of nitrogens with one attached hydrogen (secondary N) is 1. The van der Waals surface area contributed by atoms with Crippen molar-refractivity contribution in [3.05, 3.63) is 39.9 Å². The number of ether oxygens (including phenoxy) is 1. The topological polar surface area (TPSA) is 89.1 Å². The summed E-state index contributed by atoms with van der Waals surface area (Å²) in [5.41, 5.74) is 8.63. The van der Waals surface area contributed by atoms with Crippen LogP contribution in [0.2, 0.25) is 10.0 Å². The second kappa shape index (κ2) is 7.51. The molecule has 0 aliphatic heterocycles. The van der Waals surface area contributed by atoms with E-state index in [0.29, 0.717) is 28.5 Å². The van der Waals surface area contributed by atoms with Gasteiger partial charge in [-0.25, -0.2) is 0 Å². The summed E-state index contributed by atoms with van der Waals surface area (Å²) in [5.74, 6) is 0.240. The van der Waals surface area contributed by atoms with E-state index in [4.69, 9.17) is 33.7 Å². The van der Waals surface area contributed by atoms with E-state index >= 15 is 0 Å². The van der Waals surface area contributed by atoms with E-state index in [1.165, 1.54) is 14.0 Å². The first-order valence-electron chi connectivity index (χ1n) is 6.94. The highest BCUT2D eigenvalue weighted by molar-refractivity contribution is 6.40. The lowest BCUT2D eigenvalue weighted by molar-refractivity contribution is -0.114. The van der Waals surface area contributed by atoms with Crippen LogP contribution >= 0.6 is 23.2 Å². The number of carbonyl (C=O) groups is 1. The maximum Gasteiger partial charge on any atom is 0.221 e. The van der Waals surface area contributed by atoms with Gasteiger partial charge in [0.25, 0.3) is 0 Å². The van der Waals surface area contributed by atoms with Crippen LogP contribution in [0.4, 0.5) is 22.7 Å². The molecule has 2 aromatic rings. The molecular weight excluding hydrogens is 351 g/mol. The van der Waals surface area contributed by atoms with Crippen LogP contribution < -0.4 is 15.8 Å². The second-order valence-corrected chi connectivity index (χ2v) is 5.86. The van der Waals surface area contributed by atoms with Crippen molar-refractivity contribution in [1.82, 2.24) is 0 Å². The first kappa shape index (κ1) is 18.0. The van der Waals surface area contributed by atoms with E-state index in [9.17, 15) is 4.79 Å². The molecule has 0 saturated heterocycles. The summed E-state index contributed by atoms with van der Waals surface area (Å²) in [4.78, 5) is 11.1. The molecule has 2 rings (SSSR count). The number of methoxy groups -OCH3 is 1. The third-order valence-electron chi connectivity index (χ3n) is 3.17. The standard InChI is InChI=1S/C16H16Cl2N4O2/c1-8-4-14(15(24-3)7-13(8)19)22-21-10-5-11(17)16(12(18)6-10)20-9(2)23/h4-7H,19H2,1-3H3,(H,20,23)/b22-21+. The minimum Gasteiger partial charge on any atom is -0.494 e. The number of hydrogen-bond acceptors (Lipinski definition) is 5. The molecule has 0 aliphatic rings. The van der Waals surface area contributed by atoms with Gasteiger partial charge >= 0.3 is 0 Å². The third kappa shape index (κ3) is 4.15. The van der Waals surface area contributed by atoms with Gasteiger partial charge in [-0.15, -0.1) is 5.11 Å². The normalized spacial score (nSPS) is 10.9. The van der Waals surface area contributed by atoms with Crippen molar-refractivity contribution >= 4 is 51.9 Å². The lowest BCUT2D eigenvalue weighted by Gasteiger charge is -2.09. The van der Waals surface area contributed by atoms with Gasteiger partial charge in [0.2, 0.25) is 5.91 Å². The first-order valence-corrected chi connectivity index (χ1v) is 7.70. The van der Waals surface area contributed by atoms with Crippen molar-refractivity contribution < 1.29 is 9.53 Å². The van der Waals surface area contributed by atoms with Gasteiger partial charge in [0, 0.05) is 18.7 Å². The van der Waals surface area contributed by atoms with Gasteiger partial charge in [-0.3, -0.25) is 4.79 Å². The zero-order valence-electron chi connectivity index (χ0n) is 13.4. The number of halogens is 2. The fourth-order valence-electron chi connectivity index (χ4n) is 1.95. The quantitative estimate of drug-likeness (QED) is 0.570. The minimum atomic E-state index is -0.268. The maximum absolute atomic E-state index is 11.1. The number of anilines is 2. The van der Waals surface area contributed by atoms with Crippen molar-refractivity contribution in [1.29, 1.82) is 0 Å². The van der Waals surface area contributed by atoms with Crippen LogP contribution in [0.3, 0.4) is 0 Å². The molecular formula is C16H16Cl2N4O2. The highest BCUT2D eigenvalue weighted by atomic mass is 35.5. The summed E-state index contributed by atoms with van der Waals surface area (Å²) >= 11 is 12.2. The molecule has 0 aliphatic carbocycles. The molecule has 1 amide bonds. The van der Waals surface area contributed by atoms with Gasteiger partial charge in [-0.2, -0.15) is 5.11 Å². The smallest absolute Gasteiger partial charge is 0.221 e. The van der Waals surface area contributed by atoms with Crippen molar-refractivity contribution in [3.63, 3.8) is 0 Å². The molecule has 0 saturated carbocycles. The molecule has 0 radical (unpaired) electrons. The largest absolute Gasteiger partial charge is 0.494 e. The Morgan fingerprint density at radius 1 is 1.17 bits per heavy atom. The number of nitrogens with zero attached hydrogens (tertiary/aromatic N) is 2. The number of nitrogen functional groups attached to an aromatic ring is 1. The van der Waals surface area contributed by atoms with Crippen molar-refractivity contribution in [2.45, 2.75) is 13.8 Å². The van der Waals surface area contributed by atoms with E-state index in [-0.39, 0.29) is 16.0 Å². The molecule has 0 unspecified atom stereocenters. The number of rotatable bonds is 4. The average molecular weight is 367 g/mol. The summed E-state index contributed by atoms with van der Waals surface area (Å²) in [7, 11) is 1.53. The molecule has 0 spiro atoms. The SMILES string of the molecule is COc1cc(N)c(C)cc1/N=N/c1cc(Cl)c(NC(C)=O)c(Cl)c1. The van der Waals surface area contributed by atoms with Crippen LogP contribution in [0.1, 0.15) is 12.5 Å². The Balaban J connectivity index is 2.36. The average Bonchev–Trinajstić information content (AvgIpc) is 2.51. The number of aryl methyl sites for hydroxylation is 1. The van der Waals surface area contributed by atoms with Crippen molar-refractivity contribution in [3.8, 4) is 5.75 Å². The van der Waals surface area contributed by atoms with E-state index in [1.54, 1.807) is 24.3 Å². The number of nitrogens with two attached hydrogens (primary N) is 1. The predicted octanol–water partition coefficient (Wildman–Crippen LogP) is 5.27. The molecule has 0 fully saturated rings. The fourth-order valence-corrected chi connectivity index (χ4v) is 2.52. The maximum atomic E-state index is 11.1. The van der Waals surface area contributed by atoms with Crippen LogP contribution in [-0.4, -0.2) is 13.0 Å². The van der Waals surface area contributed by atoms with Crippen LogP contribution in [0, 0.1) is 6.92 Å². The second-order valence-electron chi connectivity index (χ2n) is 5.05. The predicted molar refractivity (Wildman–Crippen MR) is 97.1 cm³/mol. The van der Waals surface area contributed by atoms with Gasteiger partial charge in [0.1, 0.15) is 11.4 Å². The summed E-state index contributed by atoms with van der Waals surface area (Å²) in [6, 6.07) is 6.56. The number of hydrogen-bond donors (Lipinski definition) is 2. The van der Waals surface area contributed by atoms with Crippen molar-refractivity contribution in [2.24, 2.45) is 10.2 Å². The highest BCUT2D eigenvalue weighted by Crippen LogP contribution is 2.37. The van der Waals surface area contributed by atoms with Gasteiger partial charge in [-0.05, 0) is 30.7 Å². The molecule has 6 nitrogen and oxygen atoms in total. The van der Waals surface area contributed by atoms with Gasteiger partial charge < -0.3 is 15.8 Å². The Morgan fingerprint density at radius 2 is 1.79 bits per heavy atom. The Labute approximate surface area is 149 Å². The number of carbonyl (C=O) groups excluding carboxylic acids is 1. The molecule has 0 atom stereocenters. The van der Waals surface area contributed by atoms with Crippen LogP contribution in [0.15, 0.2) is 34.5 Å². The van der Waals surface area contributed by atoms with Gasteiger partial charge in [0.15, 0.2) is 0 Å². The minimum absolute atomic E-state index is 0.268. The molecule has 3 N–H and O–H groups in total. The third-order valence-corrected chi connectivity index (χ3v) is 3.76. The first-order chi connectivity index (χ1) is 11.3. The van der Waals surface area contributed by atoms with Crippen LogP contribution in [0.25, 0.3) is 0 Å². The monoisotopic (exact) mass is 366 g/mol. The number of benzene rings is 2. The van der Waals surface area contributed by atoms with Gasteiger partial charge in [0.05, 0.1) is 28.5 Å². The molecule has 0 heterocycles. The zero-order chi connectivity index (χ0) is 17.9. The molecule has 0 bridgehead atoms. The molecule has 8 heteroatoms. The molecule has 0 aromatic heterocycles. The van der Waals surface area contributed by atoms with E-state index < -0.39 is 0 Å². The Hall–Kier alpha value is -2.31. The Bertz CT molecular complexity index is 799. The van der Waals surface area contributed by atoms with E-state index in [2.05, 4.69) is 15.5 Å². The Morgan fingerprint density at radius 3 is 2.33 bits per heavy atom. The lowest BCUT2D eigenvalue weighted by atomic mass is 10.1. The summed E-state index contributed by atoms with van der Waals surface area (Å²) in [5, 5.41) is 11.4. The van der Waals surface area contributed by atoms with Crippen LogP contribution in [-0.2, 0) is 4.79 Å². The van der Waals surface area contributed by atoms with Crippen molar-refractivity contribution in [2.75, 3.05) is 18.2 Å².